The first-order valence-electron chi connectivity index (χ1n) is 10.4. The molecule has 0 aliphatic carbocycles. The van der Waals surface area contributed by atoms with Crippen LogP contribution in [0.25, 0.3) is 16.3 Å². The van der Waals surface area contributed by atoms with Crippen LogP contribution < -0.4 is 9.47 Å². The van der Waals surface area contributed by atoms with Crippen molar-refractivity contribution in [2.75, 3.05) is 23.0 Å². The second kappa shape index (κ2) is 12.0. The number of fused-ring (bicyclic) bond motifs is 2. The number of thioether (sulfide) groups is 1. The molecule has 0 atom stereocenters. The van der Waals surface area contributed by atoms with E-state index in [0.29, 0.717) is 28.9 Å². The molecule has 0 saturated carbocycles. The van der Waals surface area contributed by atoms with Gasteiger partial charge in [-0.3, -0.25) is 0 Å². The Kier molecular flexibility index (Phi) is 9.25. The predicted molar refractivity (Wildman–Crippen MR) is 141 cm³/mol. The van der Waals surface area contributed by atoms with Gasteiger partial charge in [0, 0.05) is 57.5 Å². The highest BCUT2D eigenvalue weighted by Crippen LogP contribution is 2.48. The molecule has 1 N–H and O–H groups in total. The predicted octanol–water partition coefficient (Wildman–Crippen LogP) is 5.80. The van der Waals surface area contributed by atoms with Crippen LogP contribution in [0.2, 0.25) is 10.0 Å². The number of aromatic nitrogens is 1. The molecule has 1 aliphatic rings. The monoisotopic (exact) mass is 594 g/mol. The number of rotatable bonds is 11. The van der Waals surface area contributed by atoms with Crippen molar-refractivity contribution in [2.24, 2.45) is 0 Å². The molecule has 1 aromatic heterocycles. The molecule has 0 spiro atoms. The minimum atomic E-state index is -4.30. The van der Waals surface area contributed by atoms with Gasteiger partial charge in [-0.15, -0.1) is 4.33 Å². The Morgan fingerprint density at radius 1 is 1.17 bits per heavy atom. The van der Waals surface area contributed by atoms with Crippen molar-refractivity contribution in [3.8, 4) is 0 Å². The fourth-order valence-corrected chi connectivity index (χ4v) is 7.13. The summed E-state index contributed by atoms with van der Waals surface area (Å²) < 4.78 is 41.2. The lowest BCUT2D eigenvalue weighted by Gasteiger charge is -2.20. The lowest BCUT2D eigenvalue weighted by molar-refractivity contribution is -0.668. The van der Waals surface area contributed by atoms with Crippen molar-refractivity contribution in [2.45, 2.75) is 24.3 Å². The van der Waals surface area contributed by atoms with Crippen LogP contribution >= 0.6 is 58.3 Å². The Morgan fingerprint density at radius 2 is 1.94 bits per heavy atom. The molecule has 3 aromatic rings. The van der Waals surface area contributed by atoms with E-state index in [-0.39, 0.29) is 6.42 Å². The van der Waals surface area contributed by atoms with Crippen LogP contribution in [0.5, 0.6) is 0 Å². The van der Waals surface area contributed by atoms with Crippen LogP contribution in [0.3, 0.4) is 0 Å². The fraction of sp³-hybridized carbons (Fsp3) is 0.286. The quantitative estimate of drug-likeness (QED) is 0.0736. The van der Waals surface area contributed by atoms with E-state index in [2.05, 4.69) is 20.0 Å². The minimum Gasteiger partial charge on any atom is -0.748 e. The van der Waals surface area contributed by atoms with Gasteiger partial charge in [0.15, 0.2) is 6.54 Å². The zero-order valence-electron chi connectivity index (χ0n) is 18.1. The number of halogens is 2. The number of hydrogen-bond acceptors (Lipinski definition) is 10. The molecule has 4 rings (SSSR count). The van der Waals surface area contributed by atoms with Gasteiger partial charge in [-0.1, -0.05) is 51.3 Å². The summed E-state index contributed by atoms with van der Waals surface area (Å²) in [5, 5.41) is 15.0. The summed E-state index contributed by atoms with van der Waals surface area (Å²) in [4.78, 5) is 3.00. The minimum absolute atomic E-state index is 0.196. The van der Waals surface area contributed by atoms with Crippen LogP contribution in [0.15, 0.2) is 46.3 Å². The van der Waals surface area contributed by atoms with Gasteiger partial charge in [0.05, 0.1) is 26.9 Å². The van der Waals surface area contributed by atoms with Gasteiger partial charge in [-0.05, 0) is 36.8 Å². The van der Waals surface area contributed by atoms with Crippen LogP contribution in [0.4, 0.5) is 5.69 Å². The Morgan fingerprint density at radius 3 is 2.71 bits per heavy atom. The van der Waals surface area contributed by atoms with Gasteiger partial charge in [-0.25, -0.2) is 13.7 Å². The first-order valence-corrected chi connectivity index (χ1v) is 15.2. The summed E-state index contributed by atoms with van der Waals surface area (Å²) in [5.74, 6) is 0.159. The number of hydrogen-bond donors (Lipinski definition) is 1. The Labute approximate surface area is 225 Å². The van der Waals surface area contributed by atoms with Crippen LogP contribution in [0.1, 0.15) is 17.8 Å². The molecule has 8 nitrogen and oxygen atoms in total. The van der Waals surface area contributed by atoms with E-state index < -0.39 is 15.9 Å². The van der Waals surface area contributed by atoms with Crippen molar-refractivity contribution >= 4 is 90.4 Å². The molecular formula is C21H20Cl2N2O6S4. The number of nitrogens with zero attached hydrogens (tertiary/aromatic N) is 2. The molecule has 0 radical (unpaired) electrons. The second-order valence-electron chi connectivity index (χ2n) is 7.49. The summed E-state index contributed by atoms with van der Waals surface area (Å²) in [6.45, 7) is 1.03. The zero-order chi connectivity index (χ0) is 25.0. The maximum Gasteiger partial charge on any atom is 0.265 e. The third-order valence-corrected chi connectivity index (χ3v) is 9.19. The third-order valence-electron chi connectivity index (χ3n) is 5.10. The summed E-state index contributed by atoms with van der Waals surface area (Å²) in [5.41, 5.74) is 1.87. The summed E-state index contributed by atoms with van der Waals surface area (Å²) in [6, 6.07) is 11.3. The van der Waals surface area contributed by atoms with Crippen molar-refractivity contribution in [1.29, 1.82) is 0 Å². The molecule has 0 saturated heterocycles. The van der Waals surface area contributed by atoms with Crippen LogP contribution in [0, 0.1) is 0 Å². The Hall–Kier alpha value is -1.06. The number of benzene rings is 2. The summed E-state index contributed by atoms with van der Waals surface area (Å²) in [6.07, 6.45) is 2.99. The number of aryl methyl sites for hydroxylation is 1. The van der Waals surface area contributed by atoms with Gasteiger partial charge in [-0.2, -0.15) is 4.57 Å². The Balaban J connectivity index is 1.68. The highest BCUT2D eigenvalue weighted by atomic mass is 35.5. The highest BCUT2D eigenvalue weighted by molar-refractivity contribution is 8.04. The van der Waals surface area contributed by atoms with E-state index in [1.165, 1.54) is 0 Å². The van der Waals surface area contributed by atoms with Gasteiger partial charge >= 0.3 is 0 Å². The standard InChI is InChI=1S/C21H20Cl2N2O6S4/c22-14-3-5-18-16(11-14)24(7-1-9-32-31-30-26)20(33-18)13-21-25(8-2-10-35(27,28)29)17-12-15(23)4-6-19(17)34-21/h3-6,11-13H,1-2,7-10H2,(H-,26,27,28,29). The molecule has 0 unspecified atom stereocenters. The van der Waals surface area contributed by atoms with Crippen LogP contribution in [-0.4, -0.2) is 36.3 Å². The van der Waals surface area contributed by atoms with Crippen LogP contribution in [-0.2, 0) is 26.0 Å². The zero-order valence-corrected chi connectivity index (χ0v) is 22.8. The SMILES string of the molecule is O=S(=O)([O-])CCCN1C(=Cc2sc3ccc(Cl)cc3[n+]2CCCSOOO)Sc2ccc(Cl)cc21. The largest absolute Gasteiger partial charge is 0.748 e. The van der Waals surface area contributed by atoms with E-state index in [1.807, 2.05) is 41.3 Å². The number of thiazole rings is 1. The van der Waals surface area contributed by atoms with Crippen molar-refractivity contribution < 1.29 is 32.2 Å². The topological polar surface area (TPSA) is 103 Å². The third kappa shape index (κ3) is 7.04. The van der Waals surface area contributed by atoms with Crippen molar-refractivity contribution in [1.82, 2.24) is 0 Å². The first-order chi connectivity index (χ1) is 16.7. The van der Waals surface area contributed by atoms with E-state index in [4.69, 9.17) is 28.5 Å². The molecule has 0 amide bonds. The average molecular weight is 596 g/mol. The smallest absolute Gasteiger partial charge is 0.265 e. The van der Waals surface area contributed by atoms with E-state index in [1.54, 1.807) is 23.1 Å². The first kappa shape index (κ1) is 27.0. The van der Waals surface area contributed by atoms with Gasteiger partial charge in [0.2, 0.25) is 5.52 Å². The van der Waals surface area contributed by atoms with Crippen molar-refractivity contribution in [3.05, 3.63) is 56.5 Å². The Bertz CT molecular complexity index is 1350. The van der Waals surface area contributed by atoms with Gasteiger partial charge < -0.3 is 9.45 Å². The highest BCUT2D eigenvalue weighted by Gasteiger charge is 2.28. The lowest BCUT2D eigenvalue weighted by atomic mass is 10.2. The van der Waals surface area contributed by atoms with Gasteiger partial charge in [0.1, 0.15) is 4.70 Å². The molecule has 2 aromatic carbocycles. The molecule has 188 valence electrons. The summed E-state index contributed by atoms with van der Waals surface area (Å²) >= 11 is 16.7. The van der Waals surface area contributed by atoms with Crippen molar-refractivity contribution in [3.63, 3.8) is 0 Å². The lowest BCUT2D eigenvalue weighted by Crippen LogP contribution is -2.35. The number of anilines is 1. The molecule has 1 aliphatic heterocycles. The van der Waals surface area contributed by atoms with E-state index in [0.717, 1.165) is 49.3 Å². The molecule has 14 heteroatoms. The fourth-order valence-electron chi connectivity index (χ4n) is 3.67. The normalized spacial score (nSPS) is 14.9. The molecule has 2 heterocycles. The average Bonchev–Trinajstić information content (AvgIpc) is 3.30. The molecule has 0 bridgehead atoms. The van der Waals surface area contributed by atoms with Gasteiger partial charge in [0.25, 0.3) is 5.01 Å². The summed E-state index contributed by atoms with van der Waals surface area (Å²) in [7, 11) is -4.30. The maximum atomic E-state index is 11.2. The molecule has 0 fully saturated rings. The second-order valence-corrected chi connectivity index (χ2v) is 12.8. The molecule has 35 heavy (non-hydrogen) atoms. The maximum absolute atomic E-state index is 11.2. The molecular weight excluding hydrogens is 575 g/mol. The van der Waals surface area contributed by atoms with E-state index >= 15 is 0 Å². The van der Waals surface area contributed by atoms with E-state index in [9.17, 15) is 13.0 Å².